The quantitative estimate of drug-likeness (QED) is 0.841. The largest absolute Gasteiger partial charge is 0.318 e. The van der Waals surface area contributed by atoms with Gasteiger partial charge < -0.3 is 9.80 Å². The van der Waals surface area contributed by atoms with Gasteiger partial charge >= 0.3 is 0 Å². The van der Waals surface area contributed by atoms with Crippen LogP contribution in [-0.2, 0) is 9.59 Å². The number of amidine groups is 1. The van der Waals surface area contributed by atoms with Gasteiger partial charge in [0.15, 0.2) is 10.3 Å². The molecule has 0 radical (unpaired) electrons. The molecule has 0 bridgehead atoms. The molecule has 3 aliphatic heterocycles. The fourth-order valence-electron chi connectivity index (χ4n) is 3.18. The predicted molar refractivity (Wildman–Crippen MR) is 95.5 cm³/mol. The number of hydrogen-bond donors (Lipinski definition) is 0. The molecule has 0 aromatic heterocycles. The summed E-state index contributed by atoms with van der Waals surface area (Å²) in [7, 11) is 0. The Labute approximate surface area is 143 Å². The van der Waals surface area contributed by atoms with Crippen molar-refractivity contribution < 1.29 is 9.59 Å². The van der Waals surface area contributed by atoms with Crippen molar-refractivity contribution in [1.82, 2.24) is 0 Å². The Morgan fingerprint density at radius 3 is 3.13 bits per heavy atom. The van der Waals surface area contributed by atoms with Crippen LogP contribution in [0.3, 0.4) is 0 Å². The second-order valence-corrected chi connectivity index (χ2v) is 8.15. The number of nitrogens with zero attached hydrogens (tertiary/aromatic N) is 3. The first-order valence-electron chi connectivity index (χ1n) is 7.69. The second-order valence-electron chi connectivity index (χ2n) is 5.95. The zero-order chi connectivity index (χ0) is 16.0. The Morgan fingerprint density at radius 1 is 1.43 bits per heavy atom. The van der Waals surface area contributed by atoms with Gasteiger partial charge in [-0.25, -0.2) is 0 Å². The van der Waals surface area contributed by atoms with Gasteiger partial charge in [-0.2, -0.15) is 0 Å². The number of fused-ring (bicyclic) bond motifs is 3. The first-order valence-corrected chi connectivity index (χ1v) is 9.49. The summed E-state index contributed by atoms with van der Waals surface area (Å²) in [5.74, 6) is 1.13. The van der Waals surface area contributed by atoms with E-state index in [0.29, 0.717) is 13.0 Å². The number of amides is 1. The van der Waals surface area contributed by atoms with Crippen molar-refractivity contribution in [1.29, 1.82) is 0 Å². The van der Waals surface area contributed by atoms with E-state index in [2.05, 4.69) is 22.0 Å². The molecular formula is C16H17N3O2S2. The number of rotatable bonds is 3. The molecule has 0 spiro atoms. The second kappa shape index (κ2) is 5.87. The molecule has 1 amide bonds. The molecule has 0 N–H and O–H groups in total. The lowest BCUT2D eigenvalue weighted by molar-refractivity contribution is -0.117. The monoisotopic (exact) mass is 347 g/mol. The molecule has 1 saturated heterocycles. The molecule has 0 saturated carbocycles. The van der Waals surface area contributed by atoms with Gasteiger partial charge in [0.25, 0.3) is 0 Å². The minimum Gasteiger partial charge on any atom is -0.318 e. The topological polar surface area (TPSA) is 53.0 Å². The normalized spacial score (nSPS) is 22.4. The standard InChI is InChI=1S/C16H17N3O2S2/c1-10(20)22-9-11-6-15(21)19(8-11)12-2-3-14-13(7-12)18-5-4-17-16(18)23-14/h2-3,7,11H,4-6,8-9H2,1H3. The SMILES string of the molecule is CC(=O)SCC1CC(=O)N(c2ccc3c(c2)N2CCN=C2S3)C1. The van der Waals surface area contributed by atoms with E-state index < -0.39 is 0 Å². The molecule has 1 unspecified atom stereocenters. The van der Waals surface area contributed by atoms with E-state index in [9.17, 15) is 9.59 Å². The van der Waals surface area contributed by atoms with Crippen molar-refractivity contribution in [2.75, 3.05) is 35.2 Å². The highest BCUT2D eigenvalue weighted by Crippen LogP contribution is 2.44. The Hall–Kier alpha value is -1.47. The van der Waals surface area contributed by atoms with E-state index in [-0.39, 0.29) is 16.9 Å². The molecule has 23 heavy (non-hydrogen) atoms. The van der Waals surface area contributed by atoms with Crippen molar-refractivity contribution in [2.45, 2.75) is 18.2 Å². The van der Waals surface area contributed by atoms with Crippen LogP contribution < -0.4 is 9.80 Å². The maximum atomic E-state index is 12.3. The van der Waals surface area contributed by atoms with Crippen LogP contribution in [0.2, 0.25) is 0 Å². The summed E-state index contributed by atoms with van der Waals surface area (Å²) in [5.41, 5.74) is 2.12. The lowest BCUT2D eigenvalue weighted by Gasteiger charge is -2.19. The average Bonchev–Trinajstić information content (AvgIpc) is 3.18. The van der Waals surface area contributed by atoms with Crippen LogP contribution in [0.25, 0.3) is 0 Å². The van der Waals surface area contributed by atoms with Crippen molar-refractivity contribution in [2.24, 2.45) is 10.9 Å². The molecule has 1 atom stereocenters. The molecule has 1 aromatic carbocycles. The molecule has 3 heterocycles. The third kappa shape index (κ3) is 2.76. The number of carbonyl (C=O) groups excluding carboxylic acids is 2. The van der Waals surface area contributed by atoms with Gasteiger partial charge in [0.1, 0.15) is 0 Å². The van der Waals surface area contributed by atoms with Gasteiger partial charge in [-0.1, -0.05) is 11.8 Å². The summed E-state index contributed by atoms with van der Waals surface area (Å²) in [6, 6.07) is 6.21. The van der Waals surface area contributed by atoms with E-state index >= 15 is 0 Å². The summed E-state index contributed by atoms with van der Waals surface area (Å²) >= 11 is 3.02. The molecule has 4 rings (SSSR count). The van der Waals surface area contributed by atoms with E-state index in [1.165, 1.54) is 16.7 Å². The molecule has 7 heteroatoms. The lowest BCUT2D eigenvalue weighted by Crippen LogP contribution is -2.25. The highest BCUT2D eigenvalue weighted by atomic mass is 32.2. The third-order valence-corrected chi connectivity index (χ3v) is 6.42. The summed E-state index contributed by atoms with van der Waals surface area (Å²) in [4.78, 5) is 33.3. The third-order valence-electron chi connectivity index (χ3n) is 4.28. The van der Waals surface area contributed by atoms with Crippen molar-refractivity contribution in [3.05, 3.63) is 18.2 Å². The Balaban J connectivity index is 1.53. The highest BCUT2D eigenvalue weighted by molar-refractivity contribution is 8.14. The Bertz CT molecular complexity index is 719. The van der Waals surface area contributed by atoms with Crippen LogP contribution in [0.4, 0.5) is 11.4 Å². The Morgan fingerprint density at radius 2 is 2.30 bits per heavy atom. The smallest absolute Gasteiger partial charge is 0.227 e. The summed E-state index contributed by atoms with van der Waals surface area (Å²) < 4.78 is 0. The lowest BCUT2D eigenvalue weighted by atomic mass is 10.1. The Kier molecular flexibility index (Phi) is 3.85. The highest BCUT2D eigenvalue weighted by Gasteiger charge is 2.34. The minimum absolute atomic E-state index is 0.117. The van der Waals surface area contributed by atoms with E-state index in [1.807, 2.05) is 11.0 Å². The number of thioether (sulfide) groups is 2. The average molecular weight is 347 g/mol. The van der Waals surface area contributed by atoms with Gasteiger partial charge in [0.05, 0.1) is 12.2 Å². The summed E-state index contributed by atoms with van der Waals surface area (Å²) in [6.07, 6.45) is 0.530. The number of aliphatic imine (C=N–C) groups is 1. The molecule has 1 aromatic rings. The molecule has 5 nitrogen and oxygen atoms in total. The first-order chi connectivity index (χ1) is 11.1. The fraction of sp³-hybridized carbons (Fsp3) is 0.438. The zero-order valence-corrected chi connectivity index (χ0v) is 14.5. The molecular weight excluding hydrogens is 330 g/mol. The number of benzene rings is 1. The fourth-order valence-corrected chi connectivity index (χ4v) is 4.94. The summed E-state index contributed by atoms with van der Waals surface area (Å²) in [6.45, 7) is 4.04. The zero-order valence-electron chi connectivity index (χ0n) is 12.8. The molecule has 120 valence electrons. The van der Waals surface area contributed by atoms with Crippen LogP contribution in [0, 0.1) is 5.92 Å². The first kappa shape index (κ1) is 15.1. The van der Waals surface area contributed by atoms with Crippen LogP contribution in [-0.4, -0.2) is 41.6 Å². The van der Waals surface area contributed by atoms with Crippen molar-refractivity contribution in [3.8, 4) is 0 Å². The number of carbonyl (C=O) groups is 2. The summed E-state index contributed by atoms with van der Waals surface area (Å²) in [5, 5.41) is 1.19. The molecule has 0 aliphatic carbocycles. The maximum Gasteiger partial charge on any atom is 0.227 e. The maximum absolute atomic E-state index is 12.3. The van der Waals surface area contributed by atoms with Crippen LogP contribution >= 0.6 is 23.5 Å². The predicted octanol–water partition coefficient (Wildman–Crippen LogP) is 2.60. The van der Waals surface area contributed by atoms with Crippen LogP contribution in [0.5, 0.6) is 0 Å². The molecule has 3 aliphatic rings. The number of hydrogen-bond acceptors (Lipinski definition) is 6. The van der Waals surface area contributed by atoms with E-state index in [1.54, 1.807) is 18.7 Å². The van der Waals surface area contributed by atoms with Gasteiger partial charge in [-0.05, 0) is 35.9 Å². The van der Waals surface area contributed by atoms with Gasteiger partial charge in [0, 0.05) is 42.8 Å². The van der Waals surface area contributed by atoms with E-state index in [4.69, 9.17) is 0 Å². The van der Waals surface area contributed by atoms with Crippen molar-refractivity contribution in [3.63, 3.8) is 0 Å². The van der Waals surface area contributed by atoms with Gasteiger partial charge in [-0.15, -0.1) is 0 Å². The number of anilines is 2. The van der Waals surface area contributed by atoms with Gasteiger partial charge in [-0.3, -0.25) is 14.6 Å². The van der Waals surface area contributed by atoms with E-state index in [0.717, 1.165) is 35.4 Å². The van der Waals surface area contributed by atoms with Crippen molar-refractivity contribution >= 4 is 51.1 Å². The molecule has 1 fully saturated rings. The van der Waals surface area contributed by atoms with Gasteiger partial charge in [0.2, 0.25) is 5.91 Å². The van der Waals surface area contributed by atoms with Crippen LogP contribution in [0.1, 0.15) is 13.3 Å². The minimum atomic E-state index is 0.117. The van der Waals surface area contributed by atoms with Crippen LogP contribution in [0.15, 0.2) is 28.1 Å².